The molecule has 0 aromatic carbocycles. The van der Waals surface area contributed by atoms with Gasteiger partial charge in [0.05, 0.1) is 10.9 Å². The number of aryl methyl sites for hydroxylation is 2. The van der Waals surface area contributed by atoms with E-state index in [1.165, 1.54) is 0 Å². The van der Waals surface area contributed by atoms with Gasteiger partial charge in [0.2, 0.25) is 0 Å². The minimum absolute atomic E-state index is 0.0202. The smallest absolute Gasteiger partial charge is 0.327 e. The Hall–Kier alpha value is -1.01. The van der Waals surface area contributed by atoms with Crippen molar-refractivity contribution >= 4 is 35.0 Å². The van der Waals surface area contributed by atoms with Crippen LogP contribution in [0.25, 0.3) is 0 Å². The highest BCUT2D eigenvalue weighted by Gasteiger charge is 2.41. The highest BCUT2D eigenvalue weighted by Crippen LogP contribution is 2.35. The zero-order valence-corrected chi connectivity index (χ0v) is 13.5. The largest absolute Gasteiger partial charge is 0.480 e. The van der Waals surface area contributed by atoms with Crippen LogP contribution in [0.4, 0.5) is 0 Å². The van der Waals surface area contributed by atoms with Crippen LogP contribution in [0.2, 0.25) is 0 Å². The van der Waals surface area contributed by atoms with E-state index in [0.717, 1.165) is 22.6 Å². The second-order valence-electron chi connectivity index (χ2n) is 4.97. The van der Waals surface area contributed by atoms with Gasteiger partial charge >= 0.3 is 5.97 Å². The lowest BCUT2D eigenvalue weighted by Crippen LogP contribution is -2.45. The van der Waals surface area contributed by atoms with Gasteiger partial charge in [0, 0.05) is 15.5 Å². The summed E-state index contributed by atoms with van der Waals surface area (Å²) in [5, 5.41) is 9.32. The van der Waals surface area contributed by atoms with Crippen molar-refractivity contribution in [3.8, 4) is 0 Å². The summed E-state index contributed by atoms with van der Waals surface area (Å²) in [5.41, 5.74) is 0.655. The monoisotopic (exact) mass is 313 g/mol. The van der Waals surface area contributed by atoms with Crippen LogP contribution in [0, 0.1) is 13.8 Å². The Labute approximate surface area is 127 Å². The summed E-state index contributed by atoms with van der Waals surface area (Å²) in [6.45, 7) is 5.93. The summed E-state index contributed by atoms with van der Waals surface area (Å²) in [4.78, 5) is 27.7. The summed E-state index contributed by atoms with van der Waals surface area (Å²) < 4.78 is 0. The van der Waals surface area contributed by atoms with Crippen LogP contribution in [-0.4, -0.2) is 39.1 Å². The molecule has 1 amide bonds. The van der Waals surface area contributed by atoms with E-state index < -0.39 is 12.0 Å². The first-order chi connectivity index (χ1) is 9.45. The molecule has 1 fully saturated rings. The Morgan fingerprint density at radius 2 is 2.15 bits per heavy atom. The second kappa shape index (κ2) is 6.18. The molecule has 110 valence electrons. The average Bonchev–Trinajstić information content (AvgIpc) is 2.92. The summed E-state index contributed by atoms with van der Waals surface area (Å²) in [6, 6.07) is 1.16. The van der Waals surface area contributed by atoms with Gasteiger partial charge < -0.3 is 10.0 Å². The van der Waals surface area contributed by atoms with E-state index in [4.69, 9.17) is 0 Å². The van der Waals surface area contributed by atoms with E-state index in [-0.39, 0.29) is 11.3 Å². The molecular formula is C14H19NO3S2. The molecule has 0 aliphatic carbocycles. The molecule has 0 radical (unpaired) electrons. The van der Waals surface area contributed by atoms with Crippen LogP contribution >= 0.6 is 23.1 Å². The molecule has 1 aromatic heterocycles. The summed E-state index contributed by atoms with van der Waals surface area (Å²) >= 11 is 3.15. The number of rotatable bonds is 4. The molecule has 20 heavy (non-hydrogen) atoms. The average molecular weight is 313 g/mol. The lowest BCUT2D eigenvalue weighted by Gasteiger charge is -2.27. The molecule has 2 unspecified atom stereocenters. The Balaban J connectivity index is 2.31. The number of thiophene rings is 1. The highest BCUT2D eigenvalue weighted by atomic mass is 32.2. The molecular weight excluding hydrogens is 294 g/mol. The van der Waals surface area contributed by atoms with E-state index in [1.54, 1.807) is 28.0 Å². The number of hydrogen-bond donors (Lipinski definition) is 1. The van der Waals surface area contributed by atoms with Gasteiger partial charge in [-0.3, -0.25) is 4.79 Å². The molecule has 2 rings (SSSR count). The van der Waals surface area contributed by atoms with Crippen molar-refractivity contribution in [2.75, 3.05) is 5.75 Å². The molecule has 1 N–H and O–H groups in total. The quantitative estimate of drug-likeness (QED) is 0.928. The first-order valence-electron chi connectivity index (χ1n) is 6.69. The zero-order valence-electron chi connectivity index (χ0n) is 11.9. The van der Waals surface area contributed by atoms with Gasteiger partial charge in [-0.05, 0) is 26.3 Å². The maximum Gasteiger partial charge on any atom is 0.327 e. The fourth-order valence-corrected chi connectivity index (χ4v) is 4.91. The molecule has 2 heterocycles. The van der Waals surface area contributed by atoms with Crippen molar-refractivity contribution < 1.29 is 14.7 Å². The van der Waals surface area contributed by atoms with Crippen LogP contribution in [0.1, 0.15) is 39.9 Å². The van der Waals surface area contributed by atoms with Crippen molar-refractivity contribution in [3.05, 3.63) is 21.4 Å². The normalized spacial score (nSPS) is 22.2. The third kappa shape index (κ3) is 2.86. The molecule has 2 atom stereocenters. The molecule has 0 saturated carbocycles. The van der Waals surface area contributed by atoms with Crippen LogP contribution in [0.3, 0.4) is 0 Å². The first-order valence-corrected chi connectivity index (χ1v) is 8.56. The molecule has 1 saturated heterocycles. The number of amides is 1. The van der Waals surface area contributed by atoms with Crippen molar-refractivity contribution in [1.29, 1.82) is 0 Å². The van der Waals surface area contributed by atoms with Gasteiger partial charge in [0.25, 0.3) is 5.91 Å². The second-order valence-corrected chi connectivity index (χ2v) is 7.64. The van der Waals surface area contributed by atoms with E-state index in [9.17, 15) is 14.7 Å². The fraction of sp³-hybridized carbons (Fsp3) is 0.571. The van der Waals surface area contributed by atoms with E-state index in [2.05, 4.69) is 6.92 Å². The number of carboxylic acid groups (broad SMARTS) is 1. The molecule has 6 heteroatoms. The van der Waals surface area contributed by atoms with Crippen LogP contribution < -0.4 is 0 Å². The summed E-state index contributed by atoms with van der Waals surface area (Å²) in [5.74, 6) is -0.565. The number of hydrogen-bond acceptors (Lipinski definition) is 4. The third-order valence-corrected chi connectivity index (χ3v) is 5.74. The molecule has 0 spiro atoms. The Bertz CT molecular complexity index is 526. The molecule has 1 aliphatic heterocycles. The number of nitrogens with zero attached hydrogens (tertiary/aromatic N) is 1. The van der Waals surface area contributed by atoms with Gasteiger partial charge in [-0.1, -0.05) is 13.3 Å². The molecule has 4 nitrogen and oxygen atoms in total. The Morgan fingerprint density at radius 3 is 2.65 bits per heavy atom. The summed E-state index contributed by atoms with van der Waals surface area (Å²) in [7, 11) is 0. The van der Waals surface area contributed by atoms with Crippen LogP contribution in [0.15, 0.2) is 6.07 Å². The molecule has 1 aromatic rings. The van der Waals surface area contributed by atoms with Gasteiger partial charge in [-0.25, -0.2) is 4.79 Å². The SMILES string of the molecule is CCCC1SCC(C(=O)O)N1C(=O)c1cc(C)sc1C. The van der Waals surface area contributed by atoms with Gasteiger partial charge in [0.15, 0.2) is 0 Å². The Morgan fingerprint density at radius 1 is 1.45 bits per heavy atom. The van der Waals surface area contributed by atoms with Gasteiger partial charge in [0.1, 0.15) is 6.04 Å². The maximum atomic E-state index is 12.7. The van der Waals surface area contributed by atoms with Crippen LogP contribution in [-0.2, 0) is 4.79 Å². The van der Waals surface area contributed by atoms with E-state index in [0.29, 0.717) is 11.3 Å². The van der Waals surface area contributed by atoms with Crippen LogP contribution in [0.5, 0.6) is 0 Å². The van der Waals surface area contributed by atoms with E-state index >= 15 is 0 Å². The van der Waals surface area contributed by atoms with Crippen molar-refractivity contribution in [2.45, 2.75) is 45.0 Å². The predicted molar refractivity (Wildman–Crippen MR) is 82.5 cm³/mol. The lowest BCUT2D eigenvalue weighted by atomic mass is 10.1. The van der Waals surface area contributed by atoms with Crippen molar-refractivity contribution in [2.24, 2.45) is 0 Å². The van der Waals surface area contributed by atoms with Gasteiger partial charge in [-0.2, -0.15) is 0 Å². The zero-order chi connectivity index (χ0) is 14.9. The van der Waals surface area contributed by atoms with Crippen molar-refractivity contribution in [3.63, 3.8) is 0 Å². The maximum absolute atomic E-state index is 12.7. The number of thioether (sulfide) groups is 1. The number of aliphatic carboxylic acids is 1. The number of carbonyl (C=O) groups is 2. The van der Waals surface area contributed by atoms with Gasteiger partial charge in [-0.15, -0.1) is 23.1 Å². The lowest BCUT2D eigenvalue weighted by molar-refractivity contribution is -0.141. The first kappa shape index (κ1) is 15.4. The van der Waals surface area contributed by atoms with Crippen molar-refractivity contribution in [1.82, 2.24) is 4.90 Å². The number of carbonyl (C=O) groups excluding carboxylic acids is 1. The topological polar surface area (TPSA) is 57.6 Å². The highest BCUT2D eigenvalue weighted by molar-refractivity contribution is 8.00. The minimum Gasteiger partial charge on any atom is -0.480 e. The standard InChI is InChI=1S/C14H19NO3S2/c1-4-5-12-15(11(7-19-12)14(17)18)13(16)10-6-8(2)20-9(10)3/h6,11-12H,4-5,7H2,1-3H3,(H,17,18). The Kier molecular flexibility index (Phi) is 4.75. The third-order valence-electron chi connectivity index (χ3n) is 3.42. The van der Waals surface area contributed by atoms with E-state index in [1.807, 2.05) is 19.9 Å². The predicted octanol–water partition coefficient (Wildman–Crippen LogP) is 3.13. The molecule has 0 bridgehead atoms. The molecule has 1 aliphatic rings. The number of carboxylic acids is 1. The minimum atomic E-state index is -0.908. The summed E-state index contributed by atoms with van der Waals surface area (Å²) in [6.07, 6.45) is 1.78. The fourth-order valence-electron chi connectivity index (χ4n) is 2.48.